The van der Waals surface area contributed by atoms with Crippen molar-refractivity contribution in [3.8, 4) is 5.75 Å². The van der Waals surface area contributed by atoms with Crippen LogP contribution < -0.4 is 10.1 Å². The van der Waals surface area contributed by atoms with Crippen molar-refractivity contribution in [1.29, 1.82) is 0 Å². The number of benzene rings is 2. The van der Waals surface area contributed by atoms with E-state index in [0.717, 1.165) is 17.7 Å². The number of hydrogen-bond acceptors (Lipinski definition) is 4. The predicted molar refractivity (Wildman–Crippen MR) is 83.4 cm³/mol. The van der Waals surface area contributed by atoms with Crippen molar-refractivity contribution in [3.05, 3.63) is 59.7 Å². The van der Waals surface area contributed by atoms with Crippen molar-refractivity contribution in [2.24, 2.45) is 0 Å². The van der Waals surface area contributed by atoms with E-state index >= 15 is 0 Å². The SMILES string of the molecule is CCc1ccccc1C(=O)OC(=O)Nc1ccc(OC(F)(F)F)cc1. The molecule has 2 aromatic carbocycles. The summed E-state index contributed by atoms with van der Waals surface area (Å²) in [6, 6.07) is 11.1. The molecule has 0 aliphatic carbocycles. The third-order valence-electron chi connectivity index (χ3n) is 3.14. The lowest BCUT2D eigenvalue weighted by Gasteiger charge is -2.10. The summed E-state index contributed by atoms with van der Waals surface area (Å²) in [5, 5.41) is 2.25. The van der Waals surface area contributed by atoms with E-state index in [9.17, 15) is 22.8 Å². The molecule has 5 nitrogen and oxygen atoms in total. The van der Waals surface area contributed by atoms with Crippen molar-refractivity contribution in [3.63, 3.8) is 0 Å². The Morgan fingerprint density at radius 2 is 1.68 bits per heavy atom. The van der Waals surface area contributed by atoms with Gasteiger partial charge in [0, 0.05) is 5.69 Å². The van der Waals surface area contributed by atoms with Gasteiger partial charge >= 0.3 is 18.4 Å². The van der Waals surface area contributed by atoms with E-state index in [1.165, 1.54) is 18.2 Å². The van der Waals surface area contributed by atoms with Gasteiger partial charge in [0.25, 0.3) is 0 Å². The van der Waals surface area contributed by atoms with Gasteiger partial charge in [0.15, 0.2) is 0 Å². The van der Waals surface area contributed by atoms with Crippen molar-refractivity contribution in [2.45, 2.75) is 19.7 Å². The highest BCUT2D eigenvalue weighted by atomic mass is 19.4. The third kappa shape index (κ3) is 5.52. The minimum atomic E-state index is -4.80. The number of amides is 1. The number of hydrogen-bond donors (Lipinski definition) is 1. The molecular weight excluding hydrogens is 339 g/mol. The number of carbonyl (C=O) groups is 2. The summed E-state index contributed by atoms with van der Waals surface area (Å²) in [5.74, 6) is -1.24. The fourth-order valence-corrected chi connectivity index (χ4v) is 2.05. The average molecular weight is 353 g/mol. The first-order valence-corrected chi connectivity index (χ1v) is 7.25. The number of rotatable bonds is 4. The molecule has 25 heavy (non-hydrogen) atoms. The second-order valence-electron chi connectivity index (χ2n) is 4.88. The second kappa shape index (κ2) is 7.69. The summed E-state index contributed by atoms with van der Waals surface area (Å²) in [6.45, 7) is 1.86. The molecule has 0 aromatic heterocycles. The molecule has 132 valence electrons. The minimum absolute atomic E-state index is 0.149. The quantitative estimate of drug-likeness (QED) is 0.648. The number of esters is 1. The van der Waals surface area contributed by atoms with E-state index in [0.29, 0.717) is 6.42 Å². The number of carbonyl (C=O) groups excluding carboxylic acids is 2. The van der Waals surface area contributed by atoms with Crippen LogP contribution in [0.2, 0.25) is 0 Å². The molecule has 2 aromatic rings. The summed E-state index contributed by atoms with van der Waals surface area (Å²) in [7, 11) is 0. The zero-order chi connectivity index (χ0) is 18.4. The van der Waals surface area contributed by atoms with Crippen LogP contribution in [0, 0.1) is 0 Å². The van der Waals surface area contributed by atoms with E-state index in [1.54, 1.807) is 18.2 Å². The lowest BCUT2D eigenvalue weighted by atomic mass is 10.1. The number of halogens is 3. The maximum atomic E-state index is 12.1. The molecule has 1 N–H and O–H groups in total. The largest absolute Gasteiger partial charge is 0.573 e. The molecule has 0 bridgehead atoms. The molecule has 0 aliphatic rings. The summed E-state index contributed by atoms with van der Waals surface area (Å²) >= 11 is 0. The summed E-state index contributed by atoms with van der Waals surface area (Å²) < 4.78 is 44.6. The lowest BCUT2D eigenvalue weighted by Crippen LogP contribution is -2.19. The Balaban J connectivity index is 1.97. The molecular formula is C17H14F3NO4. The Bertz CT molecular complexity index is 757. The highest BCUT2D eigenvalue weighted by Gasteiger charge is 2.31. The molecule has 0 spiro atoms. The Morgan fingerprint density at radius 1 is 1.04 bits per heavy atom. The maximum Gasteiger partial charge on any atom is 0.573 e. The summed E-state index contributed by atoms with van der Waals surface area (Å²) in [5.41, 5.74) is 1.15. The third-order valence-corrected chi connectivity index (χ3v) is 3.14. The van der Waals surface area contributed by atoms with Gasteiger partial charge in [-0.05, 0) is 42.3 Å². The number of ether oxygens (including phenoxy) is 2. The molecule has 0 fully saturated rings. The zero-order valence-electron chi connectivity index (χ0n) is 13.1. The molecule has 1 amide bonds. The molecule has 0 atom stereocenters. The van der Waals surface area contributed by atoms with Gasteiger partial charge in [-0.15, -0.1) is 13.2 Å². The molecule has 0 heterocycles. The van der Waals surface area contributed by atoms with Gasteiger partial charge in [-0.3, -0.25) is 5.32 Å². The van der Waals surface area contributed by atoms with Crippen LogP contribution >= 0.6 is 0 Å². The van der Waals surface area contributed by atoms with Gasteiger partial charge in [-0.2, -0.15) is 0 Å². The molecule has 0 saturated carbocycles. The Kier molecular flexibility index (Phi) is 5.63. The van der Waals surface area contributed by atoms with Gasteiger partial charge in [0.1, 0.15) is 5.75 Å². The van der Waals surface area contributed by atoms with Crippen LogP contribution in [0.15, 0.2) is 48.5 Å². The number of nitrogens with one attached hydrogen (secondary N) is 1. The summed E-state index contributed by atoms with van der Waals surface area (Å²) in [4.78, 5) is 23.8. The van der Waals surface area contributed by atoms with Crippen LogP contribution in [0.3, 0.4) is 0 Å². The topological polar surface area (TPSA) is 64.6 Å². The van der Waals surface area contributed by atoms with Gasteiger partial charge in [0.05, 0.1) is 5.56 Å². The van der Waals surface area contributed by atoms with Crippen LogP contribution in [0.1, 0.15) is 22.8 Å². The first kappa shape index (κ1) is 18.3. The van der Waals surface area contributed by atoms with E-state index in [2.05, 4.69) is 10.1 Å². The van der Waals surface area contributed by atoms with Gasteiger partial charge < -0.3 is 9.47 Å². The van der Waals surface area contributed by atoms with Gasteiger partial charge in [-0.25, -0.2) is 9.59 Å². The van der Waals surface area contributed by atoms with Crippen LogP contribution in [0.5, 0.6) is 5.75 Å². The van der Waals surface area contributed by atoms with Gasteiger partial charge in [0.2, 0.25) is 0 Å². The molecule has 2 rings (SSSR count). The smallest absolute Gasteiger partial charge is 0.406 e. The van der Waals surface area contributed by atoms with Gasteiger partial charge in [-0.1, -0.05) is 25.1 Å². The molecule has 8 heteroatoms. The number of alkyl halides is 3. The highest BCUT2D eigenvalue weighted by molar-refractivity contribution is 6.01. The highest BCUT2D eigenvalue weighted by Crippen LogP contribution is 2.24. The lowest BCUT2D eigenvalue weighted by molar-refractivity contribution is -0.274. The standard InChI is InChI=1S/C17H14F3NO4/c1-2-11-5-3-4-6-14(11)15(22)24-16(23)21-12-7-9-13(10-8-12)25-17(18,19)20/h3-10H,2H2,1H3,(H,21,23). The predicted octanol–water partition coefficient (Wildman–Crippen LogP) is 4.54. The molecule has 0 saturated heterocycles. The monoisotopic (exact) mass is 353 g/mol. The maximum absolute atomic E-state index is 12.1. The number of aryl methyl sites for hydroxylation is 1. The van der Waals surface area contributed by atoms with Crippen molar-refractivity contribution < 1.29 is 32.2 Å². The second-order valence-corrected chi connectivity index (χ2v) is 4.88. The van der Waals surface area contributed by atoms with Crippen molar-refractivity contribution >= 4 is 17.7 Å². The molecule has 0 unspecified atom stereocenters. The van der Waals surface area contributed by atoms with E-state index < -0.39 is 24.2 Å². The van der Waals surface area contributed by atoms with Crippen molar-refractivity contribution in [1.82, 2.24) is 0 Å². The molecule has 0 aliphatic heterocycles. The van der Waals surface area contributed by atoms with E-state index in [-0.39, 0.29) is 11.3 Å². The minimum Gasteiger partial charge on any atom is -0.406 e. The van der Waals surface area contributed by atoms with Crippen LogP contribution in [-0.2, 0) is 11.2 Å². The normalized spacial score (nSPS) is 10.9. The Labute approximate surface area is 141 Å². The van der Waals surface area contributed by atoms with E-state index in [4.69, 9.17) is 4.74 Å². The number of anilines is 1. The molecule has 0 radical (unpaired) electrons. The summed E-state index contributed by atoms with van der Waals surface area (Å²) in [6.07, 6.45) is -5.25. The van der Waals surface area contributed by atoms with Crippen LogP contribution in [-0.4, -0.2) is 18.4 Å². The van der Waals surface area contributed by atoms with Crippen LogP contribution in [0.25, 0.3) is 0 Å². The first-order valence-electron chi connectivity index (χ1n) is 7.25. The fourth-order valence-electron chi connectivity index (χ4n) is 2.05. The van der Waals surface area contributed by atoms with E-state index in [1.807, 2.05) is 6.92 Å². The zero-order valence-corrected chi connectivity index (χ0v) is 13.1. The first-order chi connectivity index (χ1) is 11.8. The Hall–Kier alpha value is -3.03. The van der Waals surface area contributed by atoms with Crippen molar-refractivity contribution in [2.75, 3.05) is 5.32 Å². The Morgan fingerprint density at radius 3 is 2.28 bits per heavy atom. The van der Waals surface area contributed by atoms with Crippen LogP contribution in [0.4, 0.5) is 23.7 Å². The average Bonchev–Trinajstić information content (AvgIpc) is 2.55. The fraction of sp³-hybridized carbons (Fsp3) is 0.176.